The number of alkyl halides is 3. The summed E-state index contributed by atoms with van der Waals surface area (Å²) in [5.41, 5.74) is 1.80. The standard InChI is InChI=1S/C17H25FN2OS.C2HF3O2/c1-16(2,3)22(21)20-15-14-12(5-4-6-13(14)18)11-17(15)7-9-19-10-8-17;3-2(4,5)1(6)7/h4-6,15,19-20H,7-11H2,1-3H3;(H,6,7)/t15?,22-;/m1./s1. The molecule has 3 N–H and O–H groups in total. The number of piperidine rings is 1. The van der Waals surface area contributed by atoms with Crippen LogP contribution in [0.3, 0.4) is 0 Å². The van der Waals surface area contributed by atoms with Crippen molar-refractivity contribution in [2.75, 3.05) is 13.1 Å². The van der Waals surface area contributed by atoms with E-state index in [4.69, 9.17) is 9.90 Å². The number of fused-ring (bicyclic) bond motifs is 1. The molecule has 1 spiro atoms. The second-order valence-electron chi connectivity index (χ2n) is 8.34. The van der Waals surface area contributed by atoms with Gasteiger partial charge in [-0.15, -0.1) is 4.72 Å². The highest BCUT2D eigenvalue weighted by molar-refractivity contribution is 7.90. The fourth-order valence-corrected chi connectivity index (χ4v) is 4.64. The molecule has 1 aliphatic heterocycles. The summed E-state index contributed by atoms with van der Waals surface area (Å²) in [4.78, 5) is 8.90. The Morgan fingerprint density at radius 2 is 1.83 bits per heavy atom. The summed E-state index contributed by atoms with van der Waals surface area (Å²) in [7, 11) is 0. The van der Waals surface area contributed by atoms with Crippen LogP contribution in [0.2, 0.25) is 0 Å². The zero-order valence-electron chi connectivity index (χ0n) is 16.5. The topological polar surface area (TPSA) is 84.4 Å². The Morgan fingerprint density at radius 1 is 1.28 bits per heavy atom. The molecule has 1 fully saturated rings. The van der Waals surface area contributed by atoms with Gasteiger partial charge in [-0.25, -0.2) is 9.18 Å². The van der Waals surface area contributed by atoms with Crippen LogP contribution in [0.15, 0.2) is 18.2 Å². The lowest BCUT2D eigenvalue weighted by molar-refractivity contribution is -0.192. The molecule has 1 unspecified atom stereocenters. The van der Waals surface area contributed by atoms with Gasteiger partial charge in [-0.05, 0) is 64.8 Å². The SMILES string of the molecule is CC(C)(C)[S@@+]([O-])NC1c2c(F)cccc2CC12CCNCC2.O=C(O)C(F)(F)F. The number of hydrogen-bond acceptors (Lipinski definition) is 4. The zero-order valence-corrected chi connectivity index (χ0v) is 17.3. The van der Waals surface area contributed by atoms with Crippen molar-refractivity contribution in [3.05, 3.63) is 35.1 Å². The fourth-order valence-electron chi connectivity index (χ4n) is 3.70. The van der Waals surface area contributed by atoms with Gasteiger partial charge in [0.2, 0.25) is 0 Å². The van der Waals surface area contributed by atoms with E-state index in [0.29, 0.717) is 0 Å². The third kappa shape index (κ3) is 5.62. The van der Waals surface area contributed by atoms with E-state index in [-0.39, 0.29) is 22.0 Å². The van der Waals surface area contributed by atoms with Crippen molar-refractivity contribution >= 4 is 17.3 Å². The Labute approximate surface area is 170 Å². The van der Waals surface area contributed by atoms with Crippen LogP contribution in [0, 0.1) is 11.2 Å². The monoisotopic (exact) mass is 438 g/mol. The van der Waals surface area contributed by atoms with Crippen molar-refractivity contribution in [2.24, 2.45) is 5.41 Å². The molecule has 10 heteroatoms. The Bertz CT molecular complexity index is 731. The Morgan fingerprint density at radius 3 is 2.31 bits per heavy atom. The van der Waals surface area contributed by atoms with Crippen molar-refractivity contribution in [3.63, 3.8) is 0 Å². The fraction of sp³-hybridized carbons (Fsp3) is 0.632. The first-order valence-electron chi connectivity index (χ1n) is 9.24. The third-order valence-electron chi connectivity index (χ3n) is 5.21. The molecule has 1 heterocycles. The van der Waals surface area contributed by atoms with Gasteiger partial charge in [0.15, 0.2) is 0 Å². The molecule has 1 aromatic rings. The van der Waals surface area contributed by atoms with Gasteiger partial charge in [0, 0.05) is 22.3 Å². The van der Waals surface area contributed by atoms with Crippen LogP contribution in [-0.4, -0.2) is 39.6 Å². The highest BCUT2D eigenvalue weighted by atomic mass is 32.2. The van der Waals surface area contributed by atoms with E-state index in [1.807, 2.05) is 26.8 Å². The molecule has 164 valence electrons. The third-order valence-corrected chi connectivity index (χ3v) is 6.77. The Kier molecular flexibility index (Phi) is 7.25. The molecule has 1 aromatic carbocycles. The van der Waals surface area contributed by atoms with Gasteiger partial charge in [0.05, 0.1) is 6.04 Å². The highest BCUT2D eigenvalue weighted by Gasteiger charge is 2.50. The van der Waals surface area contributed by atoms with Crippen LogP contribution in [0.1, 0.15) is 50.8 Å². The smallest absolute Gasteiger partial charge is 0.490 e. The minimum Gasteiger partial charge on any atom is -0.598 e. The Hall–Kier alpha value is -1.36. The Balaban J connectivity index is 0.000000370. The van der Waals surface area contributed by atoms with Crippen molar-refractivity contribution in [2.45, 2.75) is 57.0 Å². The van der Waals surface area contributed by atoms with Crippen molar-refractivity contribution < 1.29 is 32.0 Å². The predicted octanol–water partition coefficient (Wildman–Crippen LogP) is 3.48. The van der Waals surface area contributed by atoms with Crippen LogP contribution in [-0.2, 0) is 22.6 Å². The number of benzene rings is 1. The molecule has 0 saturated carbocycles. The second kappa shape index (κ2) is 8.79. The van der Waals surface area contributed by atoms with Gasteiger partial charge in [-0.1, -0.05) is 12.1 Å². The van der Waals surface area contributed by atoms with E-state index >= 15 is 0 Å². The van der Waals surface area contributed by atoms with Crippen LogP contribution in [0.5, 0.6) is 0 Å². The molecule has 0 radical (unpaired) electrons. The number of hydrogen-bond donors (Lipinski definition) is 3. The van der Waals surface area contributed by atoms with Gasteiger partial charge >= 0.3 is 12.1 Å². The number of rotatable bonds is 2. The van der Waals surface area contributed by atoms with Crippen molar-refractivity contribution in [1.82, 2.24) is 10.0 Å². The summed E-state index contributed by atoms with van der Waals surface area (Å²) in [6.45, 7) is 7.72. The first-order chi connectivity index (χ1) is 13.3. The van der Waals surface area contributed by atoms with Gasteiger partial charge in [-0.2, -0.15) is 13.2 Å². The molecule has 1 saturated heterocycles. The van der Waals surface area contributed by atoms with Gasteiger partial charge in [0.1, 0.15) is 10.6 Å². The van der Waals surface area contributed by atoms with Gasteiger partial charge in [-0.3, -0.25) is 0 Å². The second-order valence-corrected chi connectivity index (χ2v) is 10.3. The molecule has 3 rings (SSSR count). The zero-order chi connectivity index (χ0) is 22.0. The van der Waals surface area contributed by atoms with Crippen LogP contribution < -0.4 is 10.0 Å². The molecule has 29 heavy (non-hydrogen) atoms. The van der Waals surface area contributed by atoms with E-state index in [0.717, 1.165) is 43.5 Å². The number of aliphatic carboxylic acids is 1. The van der Waals surface area contributed by atoms with Crippen LogP contribution >= 0.6 is 0 Å². The molecular formula is C19H26F4N2O3S. The first kappa shape index (κ1) is 23.9. The first-order valence-corrected chi connectivity index (χ1v) is 10.4. The van der Waals surface area contributed by atoms with Crippen molar-refractivity contribution in [1.29, 1.82) is 0 Å². The predicted molar refractivity (Wildman–Crippen MR) is 102 cm³/mol. The summed E-state index contributed by atoms with van der Waals surface area (Å²) in [5, 5.41) is 10.5. The molecule has 0 bridgehead atoms. The van der Waals surface area contributed by atoms with E-state index in [1.54, 1.807) is 6.07 Å². The lowest BCUT2D eigenvalue weighted by Gasteiger charge is -2.40. The molecule has 5 nitrogen and oxygen atoms in total. The van der Waals surface area contributed by atoms with Gasteiger partial charge in [0.25, 0.3) is 0 Å². The molecule has 0 amide bonds. The summed E-state index contributed by atoms with van der Waals surface area (Å²) in [6.07, 6.45) is -2.24. The minimum absolute atomic E-state index is 0.0172. The largest absolute Gasteiger partial charge is 0.598 e. The number of carboxylic acids is 1. The number of carboxylic acid groups (broad SMARTS) is 1. The van der Waals surface area contributed by atoms with Crippen molar-refractivity contribution in [3.8, 4) is 0 Å². The lowest BCUT2D eigenvalue weighted by atomic mass is 9.73. The molecule has 2 atom stereocenters. The summed E-state index contributed by atoms with van der Waals surface area (Å²) >= 11 is -1.21. The average Bonchev–Trinajstić information content (AvgIpc) is 2.88. The molecular weight excluding hydrogens is 412 g/mol. The highest BCUT2D eigenvalue weighted by Crippen LogP contribution is 2.52. The minimum atomic E-state index is -5.08. The molecule has 1 aliphatic carbocycles. The maximum atomic E-state index is 14.5. The van der Waals surface area contributed by atoms with Gasteiger partial charge < -0.3 is 15.0 Å². The normalized spacial score (nSPS) is 21.9. The number of halogens is 4. The lowest BCUT2D eigenvalue weighted by Crippen LogP contribution is -2.49. The number of nitrogens with one attached hydrogen (secondary N) is 2. The maximum Gasteiger partial charge on any atom is 0.490 e. The van der Waals surface area contributed by atoms with Crippen LogP contribution in [0.4, 0.5) is 17.6 Å². The molecule has 2 aliphatic rings. The summed E-state index contributed by atoms with van der Waals surface area (Å²) < 4.78 is 61.8. The van der Waals surface area contributed by atoms with E-state index in [2.05, 4.69) is 10.0 Å². The van der Waals surface area contributed by atoms with Crippen LogP contribution in [0.25, 0.3) is 0 Å². The van der Waals surface area contributed by atoms with E-state index < -0.39 is 23.5 Å². The van der Waals surface area contributed by atoms with E-state index in [9.17, 15) is 22.1 Å². The maximum absolute atomic E-state index is 14.5. The quantitative estimate of drug-likeness (QED) is 0.486. The average molecular weight is 438 g/mol. The summed E-state index contributed by atoms with van der Waals surface area (Å²) in [5.74, 6) is -2.93. The molecule has 0 aromatic heterocycles. The number of carbonyl (C=O) groups is 1. The summed E-state index contributed by atoms with van der Waals surface area (Å²) in [6, 6.07) is 5.16. The van der Waals surface area contributed by atoms with E-state index in [1.165, 1.54) is 6.07 Å².